The average molecular weight is 643 g/mol. The van der Waals surface area contributed by atoms with Gasteiger partial charge in [-0.2, -0.15) is 0 Å². The van der Waals surface area contributed by atoms with Crippen molar-refractivity contribution < 1.29 is 9.59 Å². The van der Waals surface area contributed by atoms with E-state index in [1.165, 1.54) is 6.33 Å². The molecule has 4 aromatic heterocycles. The van der Waals surface area contributed by atoms with Crippen molar-refractivity contribution in [3.63, 3.8) is 0 Å². The number of anilines is 2. The van der Waals surface area contributed by atoms with Crippen LogP contribution >= 0.6 is 15.9 Å². The van der Waals surface area contributed by atoms with E-state index in [9.17, 15) is 9.59 Å². The first-order valence-corrected chi connectivity index (χ1v) is 14.9. The van der Waals surface area contributed by atoms with E-state index in [4.69, 9.17) is 5.73 Å². The molecule has 220 valence electrons. The summed E-state index contributed by atoms with van der Waals surface area (Å²) in [6, 6.07) is 6.99. The molecule has 1 aliphatic rings. The molecule has 12 heteroatoms. The molecule has 1 aromatic carbocycles. The lowest BCUT2D eigenvalue weighted by Gasteiger charge is -2.29. The number of rotatable bonds is 5. The van der Waals surface area contributed by atoms with Crippen molar-refractivity contribution in [3.8, 4) is 11.1 Å². The maximum atomic E-state index is 14.2. The maximum absolute atomic E-state index is 14.2. The predicted octanol–water partition coefficient (Wildman–Crippen LogP) is 4.97. The number of amides is 2. The number of hydrogen-bond acceptors (Lipinski definition) is 8. The molecule has 3 atom stereocenters. The molecule has 0 saturated carbocycles. The summed E-state index contributed by atoms with van der Waals surface area (Å²) in [5.74, 6) is 1.19. The van der Waals surface area contributed by atoms with Crippen molar-refractivity contribution in [2.75, 3.05) is 11.1 Å². The van der Waals surface area contributed by atoms with E-state index in [-0.39, 0.29) is 30.3 Å². The van der Waals surface area contributed by atoms with Gasteiger partial charge in [-0.3, -0.25) is 9.59 Å². The summed E-state index contributed by atoms with van der Waals surface area (Å²) in [7, 11) is 0. The Labute approximate surface area is 257 Å². The second kappa shape index (κ2) is 11.0. The largest absolute Gasteiger partial charge is 0.383 e. The Bertz CT molecular complexity index is 1900. The number of hydrogen-bond donors (Lipinski definition) is 2. The van der Waals surface area contributed by atoms with Gasteiger partial charge in [0.1, 0.15) is 46.6 Å². The van der Waals surface area contributed by atoms with E-state index in [1.807, 2.05) is 56.5 Å². The van der Waals surface area contributed by atoms with Crippen molar-refractivity contribution in [1.82, 2.24) is 34.4 Å². The molecule has 43 heavy (non-hydrogen) atoms. The Balaban J connectivity index is 1.39. The number of fused-ring (bicyclic) bond motifs is 3. The quantitative estimate of drug-likeness (QED) is 0.256. The summed E-state index contributed by atoms with van der Waals surface area (Å²) in [6.45, 7) is 9.76. The Kier molecular flexibility index (Phi) is 7.33. The van der Waals surface area contributed by atoms with Crippen LogP contribution in [0.4, 0.5) is 11.6 Å². The summed E-state index contributed by atoms with van der Waals surface area (Å²) in [6.07, 6.45) is 5.54. The molecule has 0 bridgehead atoms. The highest BCUT2D eigenvalue weighted by molar-refractivity contribution is 9.10. The van der Waals surface area contributed by atoms with E-state index >= 15 is 0 Å². The molecular weight excluding hydrogens is 610 g/mol. The SMILES string of the molecule is Cc1ncc(-c2cc(C)c3c(c2)c2c(N)ncnc2n3CC(=O)N2[C@H](C)[C@@H](C)C[C@H]2C(=O)Nc2nc(Br)ccc2C)cn1. The normalized spacial score (nSPS) is 18.5. The Morgan fingerprint density at radius 3 is 2.51 bits per heavy atom. The molecule has 5 aromatic rings. The summed E-state index contributed by atoms with van der Waals surface area (Å²) < 4.78 is 2.51. The molecule has 0 unspecified atom stereocenters. The van der Waals surface area contributed by atoms with E-state index < -0.39 is 6.04 Å². The van der Waals surface area contributed by atoms with Crippen molar-refractivity contribution >= 4 is 61.3 Å². The zero-order valence-corrected chi connectivity index (χ0v) is 26.2. The number of halogens is 1. The van der Waals surface area contributed by atoms with Crippen molar-refractivity contribution in [3.05, 3.63) is 64.5 Å². The number of nitrogens with two attached hydrogens (primary N) is 1. The zero-order chi connectivity index (χ0) is 30.6. The number of carbonyl (C=O) groups excluding carboxylic acids is 2. The summed E-state index contributed by atoms with van der Waals surface area (Å²) in [4.78, 5) is 51.4. The molecular formula is C31H32BrN9O2. The molecule has 1 aliphatic heterocycles. The van der Waals surface area contributed by atoms with Crippen molar-refractivity contribution in [1.29, 1.82) is 0 Å². The molecule has 6 rings (SSSR count). The topological polar surface area (TPSA) is 145 Å². The summed E-state index contributed by atoms with van der Waals surface area (Å²) in [5.41, 5.74) is 11.4. The third kappa shape index (κ3) is 5.09. The van der Waals surface area contributed by atoms with Crippen LogP contribution in [0.1, 0.15) is 37.2 Å². The molecule has 11 nitrogen and oxygen atoms in total. The molecule has 5 heterocycles. The van der Waals surface area contributed by atoms with Gasteiger partial charge >= 0.3 is 0 Å². The molecule has 1 fully saturated rings. The molecule has 0 aliphatic carbocycles. The lowest BCUT2D eigenvalue weighted by atomic mass is 10.0. The molecule has 3 N–H and O–H groups in total. The van der Waals surface area contributed by atoms with Crippen LogP contribution < -0.4 is 11.1 Å². The van der Waals surface area contributed by atoms with Gasteiger partial charge in [-0.15, -0.1) is 0 Å². The van der Waals surface area contributed by atoms with Gasteiger partial charge in [0.15, 0.2) is 0 Å². The smallest absolute Gasteiger partial charge is 0.248 e. The minimum Gasteiger partial charge on any atom is -0.383 e. The lowest BCUT2D eigenvalue weighted by Crippen LogP contribution is -2.47. The highest BCUT2D eigenvalue weighted by Crippen LogP contribution is 2.37. The molecule has 0 spiro atoms. The number of nitrogens with zero attached hydrogens (tertiary/aromatic N) is 7. The van der Waals surface area contributed by atoms with E-state index in [1.54, 1.807) is 17.3 Å². The number of aryl methyl sites for hydroxylation is 3. The van der Waals surface area contributed by atoms with Gasteiger partial charge in [0.25, 0.3) is 0 Å². The van der Waals surface area contributed by atoms with Gasteiger partial charge in [-0.1, -0.05) is 13.0 Å². The zero-order valence-electron chi connectivity index (χ0n) is 24.6. The first-order chi connectivity index (χ1) is 20.5. The summed E-state index contributed by atoms with van der Waals surface area (Å²) >= 11 is 3.37. The number of nitrogens with one attached hydrogen (secondary N) is 1. The van der Waals surface area contributed by atoms with E-state index in [0.717, 1.165) is 33.2 Å². The number of nitrogen functional groups attached to an aromatic ring is 1. The fourth-order valence-electron chi connectivity index (χ4n) is 6.05. The second-order valence-electron chi connectivity index (χ2n) is 11.3. The van der Waals surface area contributed by atoms with Crippen LogP contribution in [0.2, 0.25) is 0 Å². The van der Waals surface area contributed by atoms with Crippen molar-refractivity contribution in [2.24, 2.45) is 5.92 Å². The van der Waals surface area contributed by atoms with Gasteiger partial charge in [0.05, 0.1) is 10.9 Å². The van der Waals surface area contributed by atoms with Crippen LogP contribution in [-0.2, 0) is 16.1 Å². The van der Waals surface area contributed by atoms with Gasteiger partial charge in [-0.05, 0) is 90.9 Å². The average Bonchev–Trinajstić information content (AvgIpc) is 3.45. The molecule has 2 amide bonds. The van der Waals surface area contributed by atoms with Gasteiger partial charge in [0.2, 0.25) is 11.8 Å². The first kappa shape index (κ1) is 28.7. The lowest BCUT2D eigenvalue weighted by molar-refractivity contribution is -0.139. The molecule has 1 saturated heterocycles. The predicted molar refractivity (Wildman–Crippen MR) is 169 cm³/mol. The monoisotopic (exact) mass is 641 g/mol. The highest BCUT2D eigenvalue weighted by atomic mass is 79.9. The van der Waals surface area contributed by atoms with Crippen LogP contribution in [0, 0.1) is 26.7 Å². The fraction of sp³-hybridized carbons (Fsp3) is 0.323. The summed E-state index contributed by atoms with van der Waals surface area (Å²) in [5, 5.41) is 4.47. The van der Waals surface area contributed by atoms with Crippen molar-refractivity contribution in [2.45, 2.75) is 59.7 Å². The van der Waals surface area contributed by atoms with E-state index in [0.29, 0.717) is 39.5 Å². The van der Waals surface area contributed by atoms with Crippen LogP contribution in [0.5, 0.6) is 0 Å². The van der Waals surface area contributed by atoms with Crippen LogP contribution in [0.3, 0.4) is 0 Å². The highest BCUT2D eigenvalue weighted by Gasteiger charge is 2.43. The van der Waals surface area contributed by atoms with Crippen LogP contribution in [-0.4, -0.2) is 58.3 Å². The number of likely N-dealkylation sites (tertiary alicyclic amines) is 1. The third-order valence-electron chi connectivity index (χ3n) is 8.45. The number of carbonyl (C=O) groups is 2. The Morgan fingerprint density at radius 1 is 1.02 bits per heavy atom. The minimum absolute atomic E-state index is 0.0146. The Hall–Kier alpha value is -4.45. The second-order valence-corrected chi connectivity index (χ2v) is 12.1. The minimum atomic E-state index is -0.639. The van der Waals surface area contributed by atoms with Crippen LogP contribution in [0.25, 0.3) is 33.1 Å². The Morgan fingerprint density at radius 2 is 1.77 bits per heavy atom. The fourth-order valence-corrected chi connectivity index (χ4v) is 6.36. The number of benzene rings is 1. The van der Waals surface area contributed by atoms with Gasteiger partial charge in [-0.25, -0.2) is 24.9 Å². The third-order valence-corrected chi connectivity index (χ3v) is 8.89. The number of pyridine rings is 1. The molecule has 0 radical (unpaired) electrons. The maximum Gasteiger partial charge on any atom is 0.248 e. The number of aromatic nitrogens is 6. The van der Waals surface area contributed by atoms with Gasteiger partial charge in [0, 0.05) is 29.4 Å². The van der Waals surface area contributed by atoms with Crippen LogP contribution in [0.15, 0.2) is 47.6 Å². The van der Waals surface area contributed by atoms with E-state index in [2.05, 4.69) is 53.1 Å². The standard InChI is InChI=1S/C31H32BrN9O2/c1-15-6-7-24(32)38-29(15)39-31(43)23-9-16(2)18(4)41(23)25(42)13-40-27-17(3)8-20(21-11-34-19(5)35-12-21)10-22(27)26-28(33)36-14-37-30(26)40/h6-8,10-12,14,16,18,23H,9,13H2,1-5H3,(H2,33,36,37)(H,38,39,43)/t16-,18+,23-/m0/s1. The van der Waals surface area contributed by atoms with Gasteiger partial charge < -0.3 is 20.5 Å². The first-order valence-electron chi connectivity index (χ1n) is 14.1.